The van der Waals surface area contributed by atoms with Crippen LogP contribution in [-0.2, 0) is 33.5 Å². The van der Waals surface area contributed by atoms with Crippen LogP contribution in [0.1, 0.15) is 76.3 Å². The van der Waals surface area contributed by atoms with Gasteiger partial charge in [-0.15, -0.1) is 0 Å². The molecule has 4 fully saturated rings. The van der Waals surface area contributed by atoms with Gasteiger partial charge in [0.25, 0.3) is 5.91 Å². The number of carbonyl (C=O) groups is 7. The van der Waals surface area contributed by atoms with Crippen molar-refractivity contribution in [3.63, 3.8) is 0 Å². The number of hydrogen-bond donors (Lipinski definition) is 3. The number of hydrogen-bond acceptors (Lipinski definition) is 8. The molecule has 2 aromatic rings. The number of piperidine rings is 1. The summed E-state index contributed by atoms with van der Waals surface area (Å²) in [7, 11) is 0.904. The zero-order valence-electron chi connectivity index (χ0n) is 34.1. The van der Waals surface area contributed by atoms with E-state index in [2.05, 4.69) is 54.1 Å². The molecule has 0 spiro atoms. The number of fused-ring (bicyclic) bond motifs is 3. The maximum Gasteiger partial charge on any atom is 0.329 e. The van der Waals surface area contributed by atoms with E-state index in [9.17, 15) is 42.4 Å². The number of nitrogens with one attached hydrogen (secondary N) is 3. The molecule has 0 bridgehead atoms. The number of carbonyl (C=O) groups excluding carboxylic acids is 7. The minimum Gasteiger partial charge on any atom is -0.461 e. The first kappa shape index (κ1) is 46.4. The summed E-state index contributed by atoms with van der Waals surface area (Å²) >= 11 is 5.53. The minimum atomic E-state index is -0.929. The van der Waals surface area contributed by atoms with Gasteiger partial charge in [-0.3, -0.25) is 24.0 Å². The summed E-state index contributed by atoms with van der Waals surface area (Å²) in [6.45, 7) is 8.29. The van der Waals surface area contributed by atoms with E-state index in [1.54, 1.807) is 23.6 Å². The quantitative estimate of drug-likeness (QED) is 0.300. The van der Waals surface area contributed by atoms with Gasteiger partial charge in [0.05, 0.1) is 12.1 Å². The number of esters is 1. The lowest BCUT2D eigenvalue weighted by Crippen LogP contribution is -2.59. The summed E-state index contributed by atoms with van der Waals surface area (Å²) in [6.07, 6.45) is 3.88. The molecule has 7 amide bonds. The third-order valence-corrected chi connectivity index (χ3v) is 10.6. The van der Waals surface area contributed by atoms with E-state index in [0.29, 0.717) is 51.7 Å². The normalized spacial score (nSPS) is 23.6. The van der Waals surface area contributed by atoms with Crippen molar-refractivity contribution < 1.29 is 47.2 Å². The Morgan fingerprint density at radius 3 is 2.08 bits per heavy atom. The van der Waals surface area contributed by atoms with Crippen molar-refractivity contribution in [3.8, 4) is 0 Å². The first-order chi connectivity index (χ1) is 28.0. The molecule has 5 unspecified atom stereocenters. The Balaban J connectivity index is 0.000000246. The topological polar surface area (TPSA) is 178 Å². The number of amides is 7. The van der Waals surface area contributed by atoms with Gasteiger partial charge in [-0.25, -0.2) is 14.0 Å². The van der Waals surface area contributed by atoms with Gasteiger partial charge in [0.1, 0.15) is 42.6 Å². The van der Waals surface area contributed by atoms with E-state index in [1.165, 1.54) is 28.2 Å². The van der Waals surface area contributed by atoms with Crippen molar-refractivity contribution in [1.82, 2.24) is 30.5 Å². The third kappa shape index (κ3) is 13.1. The summed E-state index contributed by atoms with van der Waals surface area (Å²) in [6, 6.07) is 8.50. The average Bonchev–Trinajstić information content (AvgIpc) is 3.89. The third-order valence-electron chi connectivity index (χ3n) is 10.4. The van der Waals surface area contributed by atoms with E-state index < -0.39 is 60.5 Å². The number of cyclic esters (lactones) is 1. The molecule has 0 saturated carbocycles. The smallest absolute Gasteiger partial charge is 0.329 e. The van der Waals surface area contributed by atoms with Crippen molar-refractivity contribution in [2.24, 2.45) is 0 Å². The number of halogens is 3. The highest BCUT2D eigenvalue weighted by Crippen LogP contribution is 2.27. The molecule has 0 radical (unpaired) electrons. The molecule has 18 heteroatoms. The molecule has 322 valence electrons. The lowest BCUT2D eigenvalue weighted by atomic mass is 9.99. The second-order valence-corrected chi connectivity index (χ2v) is 15.6. The van der Waals surface area contributed by atoms with Gasteiger partial charge in [0.2, 0.25) is 23.6 Å². The lowest BCUT2D eigenvalue weighted by Gasteiger charge is -2.38. The Hall–Kier alpha value is -5.32. The summed E-state index contributed by atoms with van der Waals surface area (Å²) < 4.78 is 31.1. The van der Waals surface area contributed by atoms with Crippen molar-refractivity contribution in [3.05, 3.63) is 64.4 Å². The Morgan fingerprint density at radius 2 is 1.46 bits per heavy atom. The molecule has 4 aliphatic heterocycles. The zero-order chi connectivity index (χ0) is 43.4. The van der Waals surface area contributed by atoms with Crippen LogP contribution in [-0.4, -0.2) is 125 Å². The minimum absolute atomic E-state index is 0.0174. The van der Waals surface area contributed by atoms with E-state index in [-0.39, 0.29) is 45.9 Å². The van der Waals surface area contributed by atoms with Crippen molar-refractivity contribution >= 4 is 58.8 Å². The maximum absolute atomic E-state index is 13.5. The van der Waals surface area contributed by atoms with E-state index in [1.807, 2.05) is 0 Å². The first-order valence-electron chi connectivity index (χ1n) is 19.8. The molecule has 0 aromatic heterocycles. The zero-order valence-corrected chi connectivity index (χ0v) is 34.9. The Labute approximate surface area is 348 Å². The molecular formula is C41H54ClF2N7O8. The van der Waals surface area contributed by atoms with Crippen LogP contribution in [0.15, 0.2) is 42.5 Å². The number of benzene rings is 2. The SMILES string of the molecule is CC1CC(=O)N2CCCC2C(=O)N2CCCCC2C(=O)NC(C)C(=O)N2CCCC2C(=O)O1.CN(F)C(=O)CNC(=O)Nc1ccc(Cl)cc1F.Cc1cccc(C)c1. The summed E-state index contributed by atoms with van der Waals surface area (Å²) in [4.78, 5) is 92.2. The summed E-state index contributed by atoms with van der Waals surface area (Å²) in [5.41, 5.74) is 2.58. The molecule has 3 N–H and O–H groups in total. The highest BCUT2D eigenvalue weighted by atomic mass is 35.5. The molecule has 0 aliphatic carbocycles. The van der Waals surface area contributed by atoms with Gasteiger partial charge >= 0.3 is 12.0 Å². The van der Waals surface area contributed by atoms with Crippen LogP contribution >= 0.6 is 11.6 Å². The van der Waals surface area contributed by atoms with Crippen LogP contribution in [0.25, 0.3) is 0 Å². The van der Waals surface area contributed by atoms with Crippen LogP contribution in [0.2, 0.25) is 5.02 Å². The van der Waals surface area contributed by atoms with Crippen LogP contribution in [0, 0.1) is 19.7 Å². The van der Waals surface area contributed by atoms with Crippen molar-refractivity contribution in [1.29, 1.82) is 0 Å². The first-order valence-corrected chi connectivity index (χ1v) is 20.2. The molecule has 4 heterocycles. The van der Waals surface area contributed by atoms with E-state index in [4.69, 9.17) is 16.3 Å². The largest absolute Gasteiger partial charge is 0.461 e. The number of rotatable bonds is 3. The lowest BCUT2D eigenvalue weighted by molar-refractivity contribution is -0.160. The van der Waals surface area contributed by atoms with Crippen molar-refractivity contribution in [2.45, 2.75) is 109 Å². The highest BCUT2D eigenvalue weighted by molar-refractivity contribution is 6.30. The standard InChI is InChI=1S/C23H34N4O6.C10H10ClF2N3O2.C8H10/c1-14-13-19(28)25-11-5-8-17(25)22(31)26-10-4-3-7-16(26)20(29)24-15(2)21(30)27-12-6-9-18(27)23(32)33-14;1-16(13)9(17)5-14-10(18)15-8-3-2-6(11)4-7(8)12;1-7-4-3-5-8(2)6-7/h14-18H,3-13H2,1-2H3,(H,24,29);2-4H,5H2,1H3,(H2,14,15,18);3-6H,1-2H3. The van der Waals surface area contributed by atoms with Gasteiger partial charge in [-0.1, -0.05) is 51.5 Å². The molecule has 6 rings (SSSR count). The molecule has 59 heavy (non-hydrogen) atoms. The fraction of sp³-hybridized carbons (Fsp3) is 0.537. The van der Waals surface area contributed by atoms with Gasteiger partial charge in [-0.05, 0) is 90.8 Å². The van der Waals surface area contributed by atoms with Crippen LogP contribution in [0.3, 0.4) is 0 Å². The van der Waals surface area contributed by atoms with Gasteiger partial charge in [-0.2, -0.15) is 5.12 Å². The fourth-order valence-corrected chi connectivity index (χ4v) is 7.55. The molecule has 4 aliphatic rings. The van der Waals surface area contributed by atoms with Crippen molar-refractivity contribution in [2.75, 3.05) is 38.5 Å². The molecular weight excluding hydrogens is 792 g/mol. The molecule has 2 aromatic carbocycles. The van der Waals surface area contributed by atoms with Crippen LogP contribution in [0.4, 0.5) is 19.4 Å². The highest BCUT2D eigenvalue weighted by Gasteiger charge is 2.43. The predicted octanol–water partition coefficient (Wildman–Crippen LogP) is 4.44. The Bertz CT molecular complexity index is 1850. The second-order valence-electron chi connectivity index (χ2n) is 15.1. The Morgan fingerprint density at radius 1 is 0.847 bits per heavy atom. The monoisotopic (exact) mass is 845 g/mol. The number of likely N-dealkylation sites (N-methyl/N-ethyl adjacent to an activating group) is 1. The van der Waals surface area contributed by atoms with Gasteiger partial charge < -0.3 is 35.4 Å². The van der Waals surface area contributed by atoms with E-state index >= 15 is 0 Å². The van der Waals surface area contributed by atoms with Gasteiger partial charge in [0, 0.05) is 31.7 Å². The summed E-state index contributed by atoms with van der Waals surface area (Å²) in [5, 5.41) is 7.03. The summed E-state index contributed by atoms with van der Waals surface area (Å²) in [5.74, 6) is -3.32. The number of aryl methyl sites for hydroxylation is 2. The average molecular weight is 846 g/mol. The predicted molar refractivity (Wildman–Crippen MR) is 215 cm³/mol. The van der Waals surface area contributed by atoms with E-state index in [0.717, 1.165) is 26.0 Å². The number of ether oxygens (including phenoxy) is 1. The Kier molecular flexibility index (Phi) is 17.0. The second kappa shape index (κ2) is 21.6. The molecule has 4 saturated heterocycles. The number of urea groups is 1. The number of anilines is 1. The fourth-order valence-electron chi connectivity index (χ4n) is 7.39. The van der Waals surface area contributed by atoms with Crippen LogP contribution < -0.4 is 16.0 Å². The molecule has 15 nitrogen and oxygen atoms in total. The maximum atomic E-state index is 13.5. The van der Waals surface area contributed by atoms with Gasteiger partial charge in [0.15, 0.2) is 0 Å². The molecule has 5 atom stereocenters. The van der Waals surface area contributed by atoms with Crippen LogP contribution in [0.5, 0.6) is 0 Å². The number of nitrogens with zero attached hydrogens (tertiary/aromatic N) is 4.